The van der Waals surface area contributed by atoms with E-state index in [-0.39, 0.29) is 20.0 Å². The number of carbonyl (C=O) groups excluding carboxylic acids is 3. The largest absolute Gasteiger partial charge is 0.286 e. The molecule has 2 atom stereocenters. The van der Waals surface area contributed by atoms with Crippen LogP contribution in [0.3, 0.4) is 0 Å². The fourth-order valence-corrected chi connectivity index (χ4v) is 7.79. The molecule has 19 heavy (non-hydrogen) atoms. The maximum absolute atomic E-state index is 12.3. The van der Waals surface area contributed by atoms with Crippen molar-refractivity contribution in [1.82, 2.24) is 0 Å². The number of rotatable bonds is 3. The highest BCUT2D eigenvalue weighted by Crippen LogP contribution is 2.70. The Bertz CT molecular complexity index is 460. The van der Waals surface area contributed by atoms with E-state index in [0.717, 1.165) is 19.3 Å². The van der Waals surface area contributed by atoms with Crippen LogP contribution in [0.1, 0.15) is 32.1 Å². The maximum atomic E-state index is 12.3. The predicted octanol–water partition coefficient (Wildman–Crippen LogP) is 3.56. The molecule has 4 aliphatic carbocycles. The van der Waals surface area contributed by atoms with Crippen LogP contribution >= 0.6 is 47.8 Å². The van der Waals surface area contributed by atoms with Crippen molar-refractivity contribution in [3.63, 3.8) is 0 Å². The van der Waals surface area contributed by atoms with Gasteiger partial charge in [-0.1, -0.05) is 0 Å². The van der Waals surface area contributed by atoms with Crippen molar-refractivity contribution in [2.75, 3.05) is 0 Å². The van der Waals surface area contributed by atoms with Gasteiger partial charge in [0.25, 0.3) is 0 Å². The molecule has 4 bridgehead atoms. The molecule has 0 heterocycles. The molecule has 0 aromatic carbocycles. The summed E-state index contributed by atoms with van der Waals surface area (Å²) in [6, 6.07) is 0. The van der Waals surface area contributed by atoms with Gasteiger partial charge in [-0.05, 0) is 97.6 Å². The lowest BCUT2D eigenvalue weighted by molar-refractivity contribution is -0.182. The highest BCUT2D eigenvalue weighted by atomic mass is 79.9. The van der Waals surface area contributed by atoms with Gasteiger partial charge in [0.1, 0.15) is 5.41 Å². The van der Waals surface area contributed by atoms with Gasteiger partial charge < -0.3 is 0 Å². The Labute approximate surface area is 136 Å². The summed E-state index contributed by atoms with van der Waals surface area (Å²) in [5.74, 6) is 0.940. The van der Waals surface area contributed by atoms with E-state index in [1.54, 1.807) is 0 Å². The summed E-state index contributed by atoms with van der Waals surface area (Å²) in [5.41, 5.74) is -2.08. The second kappa shape index (κ2) is 4.47. The van der Waals surface area contributed by atoms with Gasteiger partial charge in [-0.2, -0.15) is 0 Å². The van der Waals surface area contributed by atoms with Crippen LogP contribution in [0.2, 0.25) is 0 Å². The average molecular weight is 457 g/mol. The molecule has 0 N–H and O–H groups in total. The van der Waals surface area contributed by atoms with Gasteiger partial charge in [0.05, 0.1) is 5.41 Å². The molecule has 0 amide bonds. The van der Waals surface area contributed by atoms with Gasteiger partial charge in [-0.15, -0.1) is 0 Å². The molecule has 0 aromatic heterocycles. The van der Waals surface area contributed by atoms with Crippen LogP contribution in [-0.4, -0.2) is 14.1 Å². The Balaban J connectivity index is 2.23. The summed E-state index contributed by atoms with van der Waals surface area (Å²) in [4.78, 5) is 36.9. The maximum Gasteiger partial charge on any atom is 0.213 e. The number of halogens is 3. The fourth-order valence-electron chi connectivity index (χ4n) is 5.12. The monoisotopic (exact) mass is 454 g/mol. The standard InChI is InChI=1S/C13H13Br3O3/c14-9(17)12-4-6-1-7(5-12)3-8(2-6)13(12,10(15)18)11(16)19/h6-8H,1-5H2. The highest BCUT2D eigenvalue weighted by Gasteiger charge is 2.73. The van der Waals surface area contributed by atoms with E-state index in [2.05, 4.69) is 47.8 Å². The van der Waals surface area contributed by atoms with Crippen LogP contribution in [0.4, 0.5) is 0 Å². The summed E-state index contributed by atoms with van der Waals surface area (Å²) >= 11 is 9.14. The summed E-state index contributed by atoms with van der Waals surface area (Å²) < 4.78 is -0.850. The summed E-state index contributed by atoms with van der Waals surface area (Å²) in [7, 11) is 0. The lowest BCUT2D eigenvalue weighted by Crippen LogP contribution is -2.66. The Morgan fingerprint density at radius 2 is 1.26 bits per heavy atom. The van der Waals surface area contributed by atoms with Crippen LogP contribution in [0.25, 0.3) is 0 Å². The molecule has 3 nitrogen and oxygen atoms in total. The van der Waals surface area contributed by atoms with Crippen LogP contribution in [0, 0.1) is 28.6 Å². The number of hydrogen-bond acceptors (Lipinski definition) is 3. The minimum Gasteiger partial charge on any atom is -0.286 e. The zero-order valence-electron chi connectivity index (χ0n) is 10.1. The first-order valence-electron chi connectivity index (χ1n) is 6.44. The smallest absolute Gasteiger partial charge is 0.213 e. The Kier molecular flexibility index (Phi) is 3.39. The molecule has 2 unspecified atom stereocenters. The lowest BCUT2D eigenvalue weighted by Gasteiger charge is -2.63. The Hall–Kier alpha value is 0.450. The third-order valence-electron chi connectivity index (χ3n) is 5.54. The molecular weight excluding hydrogens is 444 g/mol. The Morgan fingerprint density at radius 3 is 1.63 bits per heavy atom. The van der Waals surface area contributed by atoms with Gasteiger partial charge in [0.15, 0.2) is 0 Å². The third kappa shape index (κ3) is 1.62. The third-order valence-corrected chi connectivity index (χ3v) is 7.55. The van der Waals surface area contributed by atoms with Crippen molar-refractivity contribution in [3.05, 3.63) is 0 Å². The SMILES string of the molecule is O=C(Br)C12CC3CC(CC(C3)C1(C(=O)Br)C(=O)Br)C2. The number of hydrogen-bond donors (Lipinski definition) is 0. The first-order valence-corrected chi connectivity index (χ1v) is 8.82. The van der Waals surface area contributed by atoms with Crippen molar-refractivity contribution in [2.24, 2.45) is 28.6 Å². The second-order valence-electron chi connectivity index (χ2n) is 6.26. The zero-order chi connectivity index (χ0) is 14.0. The quantitative estimate of drug-likeness (QED) is 0.482. The van der Waals surface area contributed by atoms with Crippen molar-refractivity contribution < 1.29 is 14.4 Å². The van der Waals surface area contributed by atoms with Crippen molar-refractivity contribution in [3.8, 4) is 0 Å². The van der Waals surface area contributed by atoms with Crippen LogP contribution in [0.15, 0.2) is 0 Å². The van der Waals surface area contributed by atoms with E-state index in [1.807, 2.05) is 0 Å². The van der Waals surface area contributed by atoms with Gasteiger partial charge in [0, 0.05) is 0 Å². The molecule has 0 radical (unpaired) electrons. The second-order valence-corrected chi connectivity index (χ2v) is 8.42. The molecule has 0 saturated heterocycles. The van der Waals surface area contributed by atoms with Crippen LogP contribution in [-0.2, 0) is 14.4 Å². The summed E-state index contributed by atoms with van der Waals surface area (Å²) in [5, 5.41) is 0. The van der Waals surface area contributed by atoms with Crippen molar-refractivity contribution in [1.29, 1.82) is 0 Å². The molecule has 0 spiro atoms. The van der Waals surface area contributed by atoms with Gasteiger partial charge in [-0.25, -0.2) is 0 Å². The normalized spacial score (nSPS) is 42.2. The van der Waals surface area contributed by atoms with E-state index in [1.165, 1.54) is 0 Å². The minimum atomic E-state index is -1.22. The molecule has 4 saturated carbocycles. The first kappa shape index (κ1) is 14.4. The molecule has 104 valence electrons. The van der Waals surface area contributed by atoms with Gasteiger partial charge in [-0.3, -0.25) is 14.4 Å². The fraction of sp³-hybridized carbons (Fsp3) is 0.769. The average Bonchev–Trinajstić information content (AvgIpc) is 2.26. The molecule has 6 heteroatoms. The predicted molar refractivity (Wildman–Crippen MR) is 80.2 cm³/mol. The van der Waals surface area contributed by atoms with E-state index in [4.69, 9.17) is 0 Å². The molecule has 4 aliphatic rings. The Morgan fingerprint density at radius 1 is 0.789 bits per heavy atom. The summed E-state index contributed by atoms with van der Waals surface area (Å²) in [6.07, 6.45) is 4.21. The molecule has 4 rings (SSSR count). The van der Waals surface area contributed by atoms with E-state index < -0.39 is 10.8 Å². The molecule has 4 fully saturated rings. The van der Waals surface area contributed by atoms with E-state index in [9.17, 15) is 14.4 Å². The lowest BCUT2D eigenvalue weighted by atomic mass is 9.40. The molecule has 0 aliphatic heterocycles. The number of carbonyl (C=O) groups is 3. The van der Waals surface area contributed by atoms with E-state index >= 15 is 0 Å². The van der Waals surface area contributed by atoms with E-state index in [0.29, 0.717) is 24.7 Å². The van der Waals surface area contributed by atoms with Crippen molar-refractivity contribution >= 4 is 61.9 Å². The van der Waals surface area contributed by atoms with Gasteiger partial charge in [0.2, 0.25) is 14.1 Å². The summed E-state index contributed by atoms with van der Waals surface area (Å²) in [6.45, 7) is 0. The highest BCUT2D eigenvalue weighted by molar-refractivity contribution is 9.19. The van der Waals surface area contributed by atoms with Crippen molar-refractivity contribution in [2.45, 2.75) is 32.1 Å². The topological polar surface area (TPSA) is 51.2 Å². The van der Waals surface area contributed by atoms with Crippen LogP contribution in [0.5, 0.6) is 0 Å². The zero-order valence-corrected chi connectivity index (χ0v) is 14.9. The minimum absolute atomic E-state index is 0.0148. The van der Waals surface area contributed by atoms with Crippen LogP contribution < -0.4 is 0 Å². The molecule has 0 aromatic rings. The first-order chi connectivity index (χ1) is 8.84. The molecular formula is C13H13Br3O3. The van der Waals surface area contributed by atoms with Gasteiger partial charge >= 0.3 is 0 Å².